The second-order valence-electron chi connectivity index (χ2n) is 1.93. The molecule has 0 rings (SSSR count). The van der Waals surface area contributed by atoms with Crippen molar-refractivity contribution in [2.75, 3.05) is 7.05 Å². The van der Waals surface area contributed by atoms with Crippen molar-refractivity contribution in [1.29, 1.82) is 0 Å². The molecule has 0 saturated carbocycles. The third-order valence-electron chi connectivity index (χ3n) is 0.986. The summed E-state index contributed by atoms with van der Waals surface area (Å²) in [4.78, 5) is 0. The SMILES string of the molecule is CCC/C=C(C)\N=N/C. The zero-order valence-corrected chi connectivity index (χ0v) is 6.39. The lowest BCUT2D eigenvalue weighted by Gasteiger charge is -1.87. The van der Waals surface area contributed by atoms with Crippen LogP contribution in [0.3, 0.4) is 0 Å². The van der Waals surface area contributed by atoms with Gasteiger partial charge in [0.05, 0.1) is 5.70 Å². The molecule has 0 bridgehead atoms. The van der Waals surface area contributed by atoms with E-state index in [9.17, 15) is 0 Å². The summed E-state index contributed by atoms with van der Waals surface area (Å²) < 4.78 is 0. The normalized spacial score (nSPS) is 13.0. The zero-order chi connectivity index (χ0) is 7.11. The molecule has 0 saturated heterocycles. The smallest absolute Gasteiger partial charge is 0.0555 e. The van der Waals surface area contributed by atoms with Crippen LogP contribution in [0.5, 0.6) is 0 Å². The Morgan fingerprint density at radius 2 is 2.22 bits per heavy atom. The number of nitrogens with zero attached hydrogens (tertiary/aromatic N) is 2. The number of unbranched alkanes of at least 4 members (excludes halogenated alkanes) is 1. The van der Waals surface area contributed by atoms with Crippen molar-refractivity contribution in [2.45, 2.75) is 26.7 Å². The molecule has 9 heavy (non-hydrogen) atoms. The van der Waals surface area contributed by atoms with Crippen molar-refractivity contribution in [3.63, 3.8) is 0 Å². The molecule has 0 heterocycles. The van der Waals surface area contributed by atoms with Gasteiger partial charge in [-0.3, -0.25) is 0 Å². The molecule has 0 spiro atoms. The fourth-order valence-corrected chi connectivity index (χ4v) is 0.552. The van der Waals surface area contributed by atoms with Crippen molar-refractivity contribution < 1.29 is 0 Å². The highest BCUT2D eigenvalue weighted by atomic mass is 15.1. The lowest BCUT2D eigenvalue weighted by Crippen LogP contribution is -1.67. The maximum absolute atomic E-state index is 3.85. The highest BCUT2D eigenvalue weighted by Crippen LogP contribution is 1.98. The second-order valence-corrected chi connectivity index (χ2v) is 1.93. The second kappa shape index (κ2) is 5.48. The maximum atomic E-state index is 3.85. The van der Waals surface area contributed by atoms with E-state index in [-0.39, 0.29) is 0 Å². The molecular weight excluding hydrogens is 112 g/mol. The van der Waals surface area contributed by atoms with E-state index >= 15 is 0 Å². The molecule has 2 nitrogen and oxygen atoms in total. The van der Waals surface area contributed by atoms with Gasteiger partial charge in [-0.15, -0.1) is 0 Å². The number of hydrogen-bond acceptors (Lipinski definition) is 2. The number of rotatable bonds is 3. The van der Waals surface area contributed by atoms with E-state index in [1.54, 1.807) is 7.05 Å². The lowest BCUT2D eigenvalue weighted by molar-refractivity contribution is 0.935. The summed E-state index contributed by atoms with van der Waals surface area (Å²) in [7, 11) is 1.68. The molecule has 0 aliphatic heterocycles. The molecule has 0 aromatic heterocycles. The van der Waals surface area contributed by atoms with E-state index in [4.69, 9.17) is 0 Å². The maximum Gasteiger partial charge on any atom is 0.0555 e. The Balaban J connectivity index is 3.55. The van der Waals surface area contributed by atoms with Crippen LogP contribution in [0.15, 0.2) is 22.0 Å². The van der Waals surface area contributed by atoms with Crippen molar-refractivity contribution in [3.05, 3.63) is 11.8 Å². The predicted molar refractivity (Wildman–Crippen MR) is 39.4 cm³/mol. The molecule has 0 aliphatic carbocycles. The minimum atomic E-state index is 1.01. The third kappa shape index (κ3) is 5.21. The molecule has 0 aromatic rings. The number of hydrogen-bond donors (Lipinski definition) is 0. The number of allylic oxidation sites excluding steroid dienone is 2. The molecule has 2 heteroatoms. The van der Waals surface area contributed by atoms with E-state index in [0.29, 0.717) is 0 Å². The summed E-state index contributed by atoms with van der Waals surface area (Å²) in [5.41, 5.74) is 1.01. The highest BCUT2D eigenvalue weighted by molar-refractivity contribution is 4.93. The van der Waals surface area contributed by atoms with Gasteiger partial charge in [0.2, 0.25) is 0 Å². The van der Waals surface area contributed by atoms with Gasteiger partial charge in [0.1, 0.15) is 0 Å². The first kappa shape index (κ1) is 8.34. The van der Waals surface area contributed by atoms with Crippen molar-refractivity contribution in [1.82, 2.24) is 0 Å². The summed E-state index contributed by atoms with van der Waals surface area (Å²) in [5.74, 6) is 0. The van der Waals surface area contributed by atoms with Gasteiger partial charge in [-0.25, -0.2) is 0 Å². The summed E-state index contributed by atoms with van der Waals surface area (Å²) in [6, 6.07) is 0. The predicted octanol–water partition coefficient (Wildman–Crippen LogP) is 2.77. The summed E-state index contributed by atoms with van der Waals surface area (Å²) in [5, 5.41) is 7.49. The van der Waals surface area contributed by atoms with E-state index in [2.05, 4.69) is 23.2 Å². The number of azo groups is 1. The largest absolute Gasteiger partial charge is 0.192 e. The molecule has 0 N–H and O–H groups in total. The third-order valence-corrected chi connectivity index (χ3v) is 0.986. The Bertz CT molecular complexity index is 114. The quantitative estimate of drug-likeness (QED) is 0.519. The summed E-state index contributed by atoms with van der Waals surface area (Å²) in [6.45, 7) is 4.11. The molecule has 0 fully saturated rings. The van der Waals surface area contributed by atoms with Gasteiger partial charge >= 0.3 is 0 Å². The summed E-state index contributed by atoms with van der Waals surface area (Å²) in [6.07, 6.45) is 4.37. The Morgan fingerprint density at radius 3 is 2.67 bits per heavy atom. The van der Waals surface area contributed by atoms with Crippen LogP contribution in [0.1, 0.15) is 26.7 Å². The van der Waals surface area contributed by atoms with E-state index in [1.807, 2.05) is 6.92 Å². The van der Waals surface area contributed by atoms with Crippen LogP contribution in [-0.2, 0) is 0 Å². The fraction of sp³-hybridized carbons (Fsp3) is 0.714. The Kier molecular flexibility index (Phi) is 5.07. The van der Waals surface area contributed by atoms with E-state index in [1.165, 1.54) is 6.42 Å². The van der Waals surface area contributed by atoms with Crippen LogP contribution < -0.4 is 0 Å². The van der Waals surface area contributed by atoms with E-state index in [0.717, 1.165) is 12.1 Å². The van der Waals surface area contributed by atoms with Gasteiger partial charge in [0.15, 0.2) is 0 Å². The minimum absolute atomic E-state index is 1.01. The van der Waals surface area contributed by atoms with Crippen molar-refractivity contribution in [2.24, 2.45) is 10.2 Å². The van der Waals surface area contributed by atoms with Crippen LogP contribution in [0, 0.1) is 0 Å². The zero-order valence-electron chi connectivity index (χ0n) is 6.39. The van der Waals surface area contributed by atoms with Gasteiger partial charge < -0.3 is 0 Å². The molecule has 0 radical (unpaired) electrons. The van der Waals surface area contributed by atoms with Crippen LogP contribution in [-0.4, -0.2) is 7.05 Å². The molecule has 0 unspecified atom stereocenters. The molecule has 0 aromatic carbocycles. The van der Waals surface area contributed by atoms with Gasteiger partial charge in [-0.2, -0.15) is 10.2 Å². The van der Waals surface area contributed by atoms with E-state index < -0.39 is 0 Å². The molecule has 0 atom stereocenters. The van der Waals surface area contributed by atoms with Crippen LogP contribution in [0.4, 0.5) is 0 Å². The lowest BCUT2D eigenvalue weighted by atomic mass is 10.3. The topological polar surface area (TPSA) is 24.7 Å². The fourth-order valence-electron chi connectivity index (χ4n) is 0.552. The highest BCUT2D eigenvalue weighted by Gasteiger charge is 1.79. The van der Waals surface area contributed by atoms with Gasteiger partial charge in [0.25, 0.3) is 0 Å². The van der Waals surface area contributed by atoms with Gasteiger partial charge in [-0.05, 0) is 13.3 Å². The van der Waals surface area contributed by atoms with Crippen molar-refractivity contribution in [3.8, 4) is 0 Å². The van der Waals surface area contributed by atoms with Crippen LogP contribution >= 0.6 is 0 Å². The molecular formula is C7H14N2. The molecule has 0 amide bonds. The Labute approximate surface area is 56.7 Å². The minimum Gasteiger partial charge on any atom is -0.192 e. The standard InChI is InChI=1S/C7H14N2/c1-4-5-6-7(2)9-8-3/h6H,4-5H2,1-3H3/b7-6-,9-8-. The van der Waals surface area contributed by atoms with Gasteiger partial charge in [-0.1, -0.05) is 19.4 Å². The first-order chi connectivity index (χ1) is 4.31. The van der Waals surface area contributed by atoms with Gasteiger partial charge in [0, 0.05) is 7.05 Å². The first-order valence-corrected chi connectivity index (χ1v) is 3.27. The summed E-state index contributed by atoms with van der Waals surface area (Å²) >= 11 is 0. The van der Waals surface area contributed by atoms with Crippen LogP contribution in [0.2, 0.25) is 0 Å². The van der Waals surface area contributed by atoms with Crippen LogP contribution in [0.25, 0.3) is 0 Å². The Morgan fingerprint density at radius 1 is 1.56 bits per heavy atom. The average molecular weight is 126 g/mol. The van der Waals surface area contributed by atoms with Crippen molar-refractivity contribution >= 4 is 0 Å². The Hall–Kier alpha value is -0.660. The average Bonchev–Trinajstić information content (AvgIpc) is 1.85. The first-order valence-electron chi connectivity index (χ1n) is 3.27. The monoisotopic (exact) mass is 126 g/mol. The molecule has 52 valence electrons. The molecule has 0 aliphatic rings.